The minimum atomic E-state index is 0.608. The van der Waals surface area contributed by atoms with Crippen LogP contribution in [0.2, 0.25) is 5.02 Å². The molecule has 110 valence electrons. The number of nitrogens with zero attached hydrogens (tertiary/aromatic N) is 1. The molecule has 1 N–H and O–H groups in total. The van der Waals surface area contributed by atoms with Crippen LogP contribution in [0.4, 0.5) is 0 Å². The van der Waals surface area contributed by atoms with Gasteiger partial charge in [0.2, 0.25) is 0 Å². The van der Waals surface area contributed by atoms with Crippen molar-refractivity contribution in [3.8, 4) is 0 Å². The van der Waals surface area contributed by atoms with Gasteiger partial charge in [-0.05, 0) is 75.0 Å². The zero-order chi connectivity index (χ0) is 13.9. The predicted octanol–water partition coefficient (Wildman–Crippen LogP) is 3.13. The molecule has 0 aromatic heterocycles. The maximum absolute atomic E-state index is 6.08. The number of fused-ring (bicyclic) bond motifs is 1. The molecule has 2 aliphatic rings. The summed E-state index contributed by atoms with van der Waals surface area (Å²) >= 11 is 6.08. The lowest BCUT2D eigenvalue weighted by molar-refractivity contribution is 0.287. The second-order valence-corrected chi connectivity index (χ2v) is 6.99. The van der Waals surface area contributed by atoms with E-state index < -0.39 is 0 Å². The van der Waals surface area contributed by atoms with Crippen LogP contribution in [0, 0.1) is 5.92 Å². The molecule has 20 heavy (non-hydrogen) atoms. The minimum absolute atomic E-state index is 0.608. The summed E-state index contributed by atoms with van der Waals surface area (Å²) in [4.78, 5) is 2.49. The van der Waals surface area contributed by atoms with Crippen molar-refractivity contribution in [2.45, 2.75) is 38.1 Å². The average Bonchev–Trinajstić information content (AvgIpc) is 2.70. The SMILES string of the molecule is CN1CCCCC(CNC2Cc3ccc(Cl)cc3C2)C1. The van der Waals surface area contributed by atoms with Crippen LogP contribution < -0.4 is 5.32 Å². The van der Waals surface area contributed by atoms with E-state index in [9.17, 15) is 0 Å². The summed E-state index contributed by atoms with van der Waals surface area (Å²) in [6, 6.07) is 6.96. The highest BCUT2D eigenvalue weighted by Crippen LogP contribution is 2.25. The van der Waals surface area contributed by atoms with E-state index in [-0.39, 0.29) is 0 Å². The molecule has 0 spiro atoms. The molecule has 1 aliphatic carbocycles. The van der Waals surface area contributed by atoms with E-state index in [2.05, 4.69) is 29.4 Å². The minimum Gasteiger partial charge on any atom is -0.313 e. The highest BCUT2D eigenvalue weighted by Gasteiger charge is 2.23. The normalized spacial score (nSPS) is 27.3. The number of halogens is 1. The van der Waals surface area contributed by atoms with Crippen molar-refractivity contribution < 1.29 is 0 Å². The molecule has 2 nitrogen and oxygen atoms in total. The summed E-state index contributed by atoms with van der Waals surface area (Å²) in [6.45, 7) is 3.68. The van der Waals surface area contributed by atoms with E-state index in [0.29, 0.717) is 6.04 Å². The summed E-state index contributed by atoms with van der Waals surface area (Å²) < 4.78 is 0. The van der Waals surface area contributed by atoms with Gasteiger partial charge in [-0.15, -0.1) is 0 Å². The first-order chi connectivity index (χ1) is 9.70. The van der Waals surface area contributed by atoms with E-state index in [1.807, 2.05) is 6.07 Å². The van der Waals surface area contributed by atoms with Gasteiger partial charge >= 0.3 is 0 Å². The molecule has 1 aliphatic heterocycles. The largest absolute Gasteiger partial charge is 0.313 e. The smallest absolute Gasteiger partial charge is 0.0408 e. The summed E-state index contributed by atoms with van der Waals surface area (Å²) in [7, 11) is 2.26. The third-order valence-electron chi connectivity index (χ3n) is 4.77. The fourth-order valence-electron chi connectivity index (χ4n) is 3.67. The van der Waals surface area contributed by atoms with Gasteiger partial charge in [0.25, 0.3) is 0 Å². The van der Waals surface area contributed by atoms with Gasteiger partial charge in [0.05, 0.1) is 0 Å². The van der Waals surface area contributed by atoms with Crippen molar-refractivity contribution in [1.29, 1.82) is 0 Å². The van der Waals surface area contributed by atoms with Gasteiger partial charge in [-0.3, -0.25) is 0 Å². The Balaban J connectivity index is 1.50. The number of hydrogen-bond donors (Lipinski definition) is 1. The van der Waals surface area contributed by atoms with Crippen LogP contribution in [0.3, 0.4) is 0 Å². The Kier molecular flexibility index (Phi) is 4.65. The van der Waals surface area contributed by atoms with Gasteiger partial charge in [-0.1, -0.05) is 24.1 Å². The molecule has 0 radical (unpaired) electrons. The summed E-state index contributed by atoms with van der Waals surface area (Å²) in [6.07, 6.45) is 6.42. The molecule has 1 aromatic rings. The van der Waals surface area contributed by atoms with Gasteiger partial charge < -0.3 is 10.2 Å². The molecule has 0 saturated carbocycles. The molecule has 3 rings (SSSR count). The molecular weight excluding hydrogens is 268 g/mol. The average molecular weight is 293 g/mol. The second-order valence-electron chi connectivity index (χ2n) is 6.55. The maximum atomic E-state index is 6.08. The Morgan fingerprint density at radius 3 is 3.00 bits per heavy atom. The molecule has 0 amide bonds. The van der Waals surface area contributed by atoms with Gasteiger partial charge in [-0.25, -0.2) is 0 Å². The third-order valence-corrected chi connectivity index (χ3v) is 5.00. The van der Waals surface area contributed by atoms with Crippen molar-refractivity contribution >= 4 is 11.6 Å². The molecule has 1 saturated heterocycles. The van der Waals surface area contributed by atoms with Crippen LogP contribution >= 0.6 is 11.6 Å². The lowest BCUT2D eigenvalue weighted by Gasteiger charge is -2.22. The van der Waals surface area contributed by atoms with Crippen LogP contribution in [0.15, 0.2) is 18.2 Å². The number of hydrogen-bond acceptors (Lipinski definition) is 2. The van der Waals surface area contributed by atoms with Crippen molar-refractivity contribution in [3.05, 3.63) is 34.3 Å². The lowest BCUT2D eigenvalue weighted by Crippen LogP contribution is -2.37. The first kappa shape index (κ1) is 14.4. The fraction of sp³-hybridized carbons (Fsp3) is 0.647. The summed E-state index contributed by atoms with van der Waals surface area (Å²) in [5.41, 5.74) is 2.91. The highest BCUT2D eigenvalue weighted by molar-refractivity contribution is 6.30. The molecule has 3 heteroatoms. The first-order valence-corrected chi connectivity index (χ1v) is 8.28. The van der Waals surface area contributed by atoms with Crippen molar-refractivity contribution in [3.63, 3.8) is 0 Å². The highest BCUT2D eigenvalue weighted by atomic mass is 35.5. The van der Waals surface area contributed by atoms with Crippen LogP contribution in [-0.2, 0) is 12.8 Å². The van der Waals surface area contributed by atoms with Gasteiger partial charge in [-0.2, -0.15) is 0 Å². The number of rotatable bonds is 3. The quantitative estimate of drug-likeness (QED) is 0.921. The standard InChI is InChI=1S/C17H25ClN2/c1-20-7-3-2-4-13(12-20)11-19-17-9-14-5-6-16(18)8-15(14)10-17/h5-6,8,13,17,19H,2-4,7,9-12H2,1H3. The topological polar surface area (TPSA) is 15.3 Å². The molecule has 1 aromatic carbocycles. The van der Waals surface area contributed by atoms with Gasteiger partial charge in [0, 0.05) is 17.6 Å². The van der Waals surface area contributed by atoms with Gasteiger partial charge in [0.15, 0.2) is 0 Å². The van der Waals surface area contributed by atoms with Crippen LogP contribution in [0.25, 0.3) is 0 Å². The Morgan fingerprint density at radius 1 is 1.25 bits per heavy atom. The second kappa shape index (κ2) is 6.46. The number of benzene rings is 1. The summed E-state index contributed by atoms with van der Waals surface area (Å²) in [5, 5.41) is 4.67. The molecular formula is C17H25ClN2. The monoisotopic (exact) mass is 292 g/mol. The van der Waals surface area contributed by atoms with Crippen LogP contribution in [-0.4, -0.2) is 37.6 Å². The molecule has 1 fully saturated rings. The lowest BCUT2D eigenvalue weighted by atomic mass is 10.0. The molecule has 2 unspecified atom stereocenters. The number of likely N-dealkylation sites (tertiary alicyclic amines) is 1. The van der Waals surface area contributed by atoms with Crippen LogP contribution in [0.1, 0.15) is 30.4 Å². The van der Waals surface area contributed by atoms with Crippen molar-refractivity contribution in [2.75, 3.05) is 26.7 Å². The van der Waals surface area contributed by atoms with Gasteiger partial charge in [0.1, 0.15) is 0 Å². The Morgan fingerprint density at radius 2 is 2.10 bits per heavy atom. The van der Waals surface area contributed by atoms with Crippen LogP contribution in [0.5, 0.6) is 0 Å². The Hall–Kier alpha value is -0.570. The third kappa shape index (κ3) is 3.55. The van der Waals surface area contributed by atoms with E-state index in [4.69, 9.17) is 11.6 Å². The van der Waals surface area contributed by atoms with Crippen molar-refractivity contribution in [2.24, 2.45) is 5.92 Å². The molecule has 1 heterocycles. The fourth-order valence-corrected chi connectivity index (χ4v) is 3.86. The molecule has 2 atom stereocenters. The van der Waals surface area contributed by atoms with E-state index in [1.54, 1.807) is 0 Å². The van der Waals surface area contributed by atoms with E-state index in [0.717, 1.165) is 30.3 Å². The molecule has 0 bridgehead atoms. The summed E-state index contributed by atoms with van der Waals surface area (Å²) in [5.74, 6) is 0.815. The number of nitrogens with one attached hydrogen (secondary N) is 1. The zero-order valence-corrected chi connectivity index (χ0v) is 13.1. The zero-order valence-electron chi connectivity index (χ0n) is 12.4. The van der Waals surface area contributed by atoms with E-state index >= 15 is 0 Å². The first-order valence-electron chi connectivity index (χ1n) is 7.90. The Bertz CT molecular complexity index is 460. The predicted molar refractivity (Wildman–Crippen MR) is 85.5 cm³/mol. The Labute approximate surface area is 127 Å². The van der Waals surface area contributed by atoms with Crippen molar-refractivity contribution in [1.82, 2.24) is 10.2 Å². The maximum Gasteiger partial charge on any atom is 0.0408 e. The van der Waals surface area contributed by atoms with E-state index in [1.165, 1.54) is 43.5 Å².